The molecule has 1 atom stereocenters. The molecular weight excluding hydrogens is 667 g/mol. The van der Waals surface area contributed by atoms with E-state index in [1.54, 1.807) is 31.2 Å². The number of amides is 2. The number of nitrogens with one attached hydrogen (secondary N) is 1. The van der Waals surface area contributed by atoms with E-state index in [1.807, 2.05) is 0 Å². The second kappa shape index (κ2) is 15.8. The van der Waals surface area contributed by atoms with E-state index in [4.69, 9.17) is 27.9 Å². The maximum absolute atomic E-state index is 14.4. The van der Waals surface area contributed by atoms with Crippen molar-refractivity contribution in [1.29, 1.82) is 0 Å². The molecule has 1 N–H and O–H groups in total. The summed E-state index contributed by atoms with van der Waals surface area (Å²) >= 11 is 12.8. The van der Waals surface area contributed by atoms with E-state index in [-0.39, 0.29) is 46.9 Å². The minimum atomic E-state index is -4.65. The Hall–Kier alpha value is -3.87. The van der Waals surface area contributed by atoms with Gasteiger partial charge in [0.1, 0.15) is 18.3 Å². The highest BCUT2D eigenvalue weighted by atomic mass is 35.5. The van der Waals surface area contributed by atoms with Crippen molar-refractivity contribution in [2.24, 2.45) is 0 Å². The highest BCUT2D eigenvalue weighted by Gasteiger charge is 2.36. The van der Waals surface area contributed by atoms with Gasteiger partial charge in [0.05, 0.1) is 22.6 Å². The molecular formula is C33H38Cl2N4O7S. The fraction of sp³-hybridized carbons (Fsp3) is 0.394. The van der Waals surface area contributed by atoms with Crippen LogP contribution in [0.4, 0.5) is 11.4 Å². The Balaban J connectivity index is 1.81. The Morgan fingerprint density at radius 3 is 2.40 bits per heavy atom. The zero-order chi connectivity index (χ0) is 34.3. The molecule has 0 spiro atoms. The number of rotatable bonds is 13. The largest absolute Gasteiger partial charge is 0.495 e. The smallest absolute Gasteiger partial charge is 0.273 e. The van der Waals surface area contributed by atoms with Gasteiger partial charge in [0, 0.05) is 34.3 Å². The molecule has 1 aliphatic carbocycles. The number of nitro benzene ring substituents is 1. The summed E-state index contributed by atoms with van der Waals surface area (Å²) in [4.78, 5) is 40.2. The minimum absolute atomic E-state index is 0.0208. The summed E-state index contributed by atoms with van der Waals surface area (Å²) in [6, 6.07) is 13.7. The fourth-order valence-corrected chi connectivity index (χ4v) is 7.52. The first-order valence-electron chi connectivity index (χ1n) is 15.3. The first-order valence-corrected chi connectivity index (χ1v) is 17.5. The number of nitro groups is 1. The Morgan fingerprint density at radius 2 is 1.77 bits per heavy atom. The number of sulfonamides is 1. The van der Waals surface area contributed by atoms with Crippen molar-refractivity contribution < 1.29 is 27.7 Å². The lowest BCUT2D eigenvalue weighted by Crippen LogP contribution is -2.54. The maximum atomic E-state index is 14.4. The normalized spacial score (nSPS) is 14.2. The van der Waals surface area contributed by atoms with Gasteiger partial charge in [0.2, 0.25) is 11.8 Å². The van der Waals surface area contributed by atoms with Crippen molar-refractivity contribution in [1.82, 2.24) is 10.2 Å². The van der Waals surface area contributed by atoms with E-state index in [2.05, 4.69) is 5.32 Å². The molecule has 0 aliphatic heterocycles. The molecule has 1 fully saturated rings. The minimum Gasteiger partial charge on any atom is -0.495 e. The number of aryl methyl sites for hydroxylation is 1. The summed E-state index contributed by atoms with van der Waals surface area (Å²) in [5, 5.41) is 15.4. The van der Waals surface area contributed by atoms with Crippen molar-refractivity contribution in [3.8, 4) is 5.75 Å². The van der Waals surface area contributed by atoms with Gasteiger partial charge in [-0.25, -0.2) is 8.42 Å². The summed E-state index contributed by atoms with van der Waals surface area (Å²) in [7, 11) is -3.31. The first kappa shape index (κ1) is 36.0. The number of hydrogen-bond donors (Lipinski definition) is 1. The number of benzene rings is 3. The van der Waals surface area contributed by atoms with E-state index in [9.17, 15) is 28.1 Å². The predicted molar refractivity (Wildman–Crippen MR) is 181 cm³/mol. The summed E-state index contributed by atoms with van der Waals surface area (Å²) in [6.45, 7) is 2.41. The van der Waals surface area contributed by atoms with Crippen LogP contribution in [0.5, 0.6) is 5.75 Å². The van der Waals surface area contributed by atoms with E-state index in [1.165, 1.54) is 49.3 Å². The average molecular weight is 706 g/mol. The molecule has 4 rings (SSSR count). The molecule has 11 nitrogen and oxygen atoms in total. The Kier molecular flexibility index (Phi) is 12.1. The molecule has 0 aromatic heterocycles. The molecule has 0 bridgehead atoms. The topological polar surface area (TPSA) is 139 Å². The summed E-state index contributed by atoms with van der Waals surface area (Å²) in [5.41, 5.74) is 0.364. The van der Waals surface area contributed by atoms with Crippen LogP contribution < -0.4 is 14.4 Å². The molecule has 14 heteroatoms. The van der Waals surface area contributed by atoms with Crippen molar-refractivity contribution in [2.75, 3.05) is 18.0 Å². The zero-order valence-corrected chi connectivity index (χ0v) is 28.8. The highest BCUT2D eigenvalue weighted by Crippen LogP contribution is 2.36. The second-order valence-electron chi connectivity index (χ2n) is 11.4. The van der Waals surface area contributed by atoms with Crippen LogP contribution in [-0.4, -0.2) is 55.8 Å². The van der Waals surface area contributed by atoms with Crippen LogP contribution in [-0.2, 0) is 26.2 Å². The summed E-state index contributed by atoms with van der Waals surface area (Å²) in [5.74, 6) is -0.960. The monoisotopic (exact) mass is 704 g/mol. The van der Waals surface area contributed by atoms with Gasteiger partial charge < -0.3 is 15.0 Å². The lowest BCUT2D eigenvalue weighted by Gasteiger charge is -2.35. The van der Waals surface area contributed by atoms with E-state index in [0.717, 1.165) is 42.5 Å². The molecule has 252 valence electrons. The Bertz CT molecular complexity index is 1730. The van der Waals surface area contributed by atoms with Gasteiger partial charge in [0.25, 0.3) is 15.7 Å². The van der Waals surface area contributed by atoms with Crippen molar-refractivity contribution in [3.63, 3.8) is 0 Å². The van der Waals surface area contributed by atoms with Gasteiger partial charge in [-0.3, -0.25) is 24.0 Å². The molecule has 0 heterocycles. The maximum Gasteiger partial charge on any atom is 0.273 e. The van der Waals surface area contributed by atoms with Gasteiger partial charge in [0.15, 0.2) is 0 Å². The molecule has 0 saturated heterocycles. The second-order valence-corrected chi connectivity index (χ2v) is 14.1. The SMILES string of the molecule is CC[C@@H](C(=O)NC1CCCCC1)N(Cc1ccccc1Cl)C(=O)CN(c1cc(Cl)ccc1OC)S(=O)(=O)c1ccc(C)c([N+](=O)[O-])c1. The number of methoxy groups -OCH3 is 1. The third kappa shape index (κ3) is 8.54. The lowest BCUT2D eigenvalue weighted by atomic mass is 9.95. The predicted octanol–water partition coefficient (Wildman–Crippen LogP) is 6.67. The van der Waals surface area contributed by atoms with E-state index < -0.39 is 44.0 Å². The van der Waals surface area contributed by atoms with E-state index >= 15 is 0 Å². The van der Waals surface area contributed by atoms with Crippen LogP contribution >= 0.6 is 23.2 Å². The number of halogens is 2. The molecule has 3 aromatic rings. The first-order chi connectivity index (χ1) is 22.4. The summed E-state index contributed by atoms with van der Waals surface area (Å²) < 4.78 is 34.9. The van der Waals surface area contributed by atoms with Crippen LogP contribution in [0.3, 0.4) is 0 Å². The number of ether oxygens (including phenoxy) is 1. The molecule has 0 radical (unpaired) electrons. The van der Waals surface area contributed by atoms with Gasteiger partial charge in [-0.1, -0.05) is 73.7 Å². The summed E-state index contributed by atoms with van der Waals surface area (Å²) in [6.07, 6.45) is 5.01. The molecule has 1 aliphatic rings. The molecule has 3 aromatic carbocycles. The lowest BCUT2D eigenvalue weighted by molar-refractivity contribution is -0.385. The van der Waals surface area contributed by atoms with Gasteiger partial charge >= 0.3 is 0 Å². The van der Waals surface area contributed by atoms with Crippen LogP contribution in [0.2, 0.25) is 10.0 Å². The Morgan fingerprint density at radius 1 is 1.06 bits per heavy atom. The van der Waals surface area contributed by atoms with Gasteiger partial charge in [-0.05, 0) is 62.1 Å². The number of carbonyl (C=O) groups excluding carboxylic acids is 2. The average Bonchev–Trinajstić information content (AvgIpc) is 3.04. The van der Waals surface area contributed by atoms with E-state index in [0.29, 0.717) is 10.6 Å². The zero-order valence-electron chi connectivity index (χ0n) is 26.4. The highest BCUT2D eigenvalue weighted by molar-refractivity contribution is 7.92. The number of carbonyl (C=O) groups is 2. The molecule has 2 amide bonds. The molecule has 0 unspecified atom stereocenters. The third-order valence-electron chi connectivity index (χ3n) is 8.29. The fourth-order valence-electron chi connectivity index (χ4n) is 5.72. The number of anilines is 1. The Labute approximate surface area is 285 Å². The van der Waals surface area contributed by atoms with Gasteiger partial charge in [-0.15, -0.1) is 0 Å². The van der Waals surface area contributed by atoms with Crippen LogP contribution in [0.1, 0.15) is 56.6 Å². The van der Waals surface area contributed by atoms with Crippen LogP contribution in [0, 0.1) is 17.0 Å². The number of nitrogens with zero attached hydrogens (tertiary/aromatic N) is 3. The standard InChI is InChI=1S/C33H38Cl2N4O7S/c1-4-28(33(41)36-25-11-6-5-7-12-25)37(20-23-10-8-9-13-27(23)35)32(40)21-38(30-18-24(34)15-17-31(30)46-3)47(44,45)26-16-14-22(2)29(19-26)39(42)43/h8-10,13-19,25,28H,4-7,11-12,20-21H2,1-3H3,(H,36,41)/t28-/m0/s1. The van der Waals surface area contributed by atoms with Crippen LogP contribution in [0.15, 0.2) is 65.6 Å². The number of hydrogen-bond acceptors (Lipinski definition) is 7. The van der Waals surface area contributed by atoms with Crippen LogP contribution in [0.25, 0.3) is 0 Å². The molecule has 1 saturated carbocycles. The van der Waals surface area contributed by atoms with Crippen molar-refractivity contribution in [2.45, 2.75) is 75.9 Å². The van der Waals surface area contributed by atoms with Crippen molar-refractivity contribution in [3.05, 3.63) is 92.0 Å². The molecule has 47 heavy (non-hydrogen) atoms. The quantitative estimate of drug-likeness (QED) is 0.155. The third-order valence-corrected chi connectivity index (χ3v) is 10.6. The van der Waals surface area contributed by atoms with Crippen molar-refractivity contribution >= 4 is 56.4 Å². The van der Waals surface area contributed by atoms with Gasteiger partial charge in [-0.2, -0.15) is 0 Å².